The minimum absolute atomic E-state index is 0.564. The van der Waals surface area contributed by atoms with Gasteiger partial charge < -0.3 is 10.8 Å². The molecule has 0 heterocycles. The molecule has 1 atom stereocenters. The van der Waals surface area contributed by atoms with Crippen molar-refractivity contribution in [3.63, 3.8) is 0 Å². The van der Waals surface area contributed by atoms with Crippen molar-refractivity contribution in [1.29, 1.82) is 0 Å². The molecule has 0 spiro atoms. The van der Waals surface area contributed by atoms with E-state index in [4.69, 9.17) is 10.8 Å². The van der Waals surface area contributed by atoms with Crippen LogP contribution in [0.5, 0.6) is 0 Å². The first-order chi connectivity index (χ1) is 7.50. The van der Waals surface area contributed by atoms with Crippen LogP contribution < -0.4 is 5.73 Å². The van der Waals surface area contributed by atoms with Crippen LogP contribution in [0.3, 0.4) is 0 Å². The maximum atomic E-state index is 10.7. The van der Waals surface area contributed by atoms with E-state index in [2.05, 4.69) is 6.58 Å². The van der Waals surface area contributed by atoms with Crippen LogP contribution in [-0.2, 0) is 4.79 Å². The highest BCUT2D eigenvalue weighted by Crippen LogP contribution is 2.14. The van der Waals surface area contributed by atoms with Crippen LogP contribution in [0.25, 0.3) is 0 Å². The molecule has 3 N–H and O–H groups in total. The average Bonchev–Trinajstić information content (AvgIpc) is 2.21. The fraction of sp³-hybridized carbons (Fsp3) is 0.769. The summed E-state index contributed by atoms with van der Waals surface area (Å²) in [5.41, 5.74) is 4.58. The predicted molar refractivity (Wildman–Crippen MR) is 67.4 cm³/mol. The van der Waals surface area contributed by atoms with E-state index in [0.29, 0.717) is 6.42 Å². The minimum Gasteiger partial charge on any atom is -0.480 e. The van der Waals surface area contributed by atoms with Crippen molar-refractivity contribution < 1.29 is 9.90 Å². The van der Waals surface area contributed by atoms with Gasteiger partial charge in [-0.2, -0.15) is 0 Å². The summed E-state index contributed by atoms with van der Waals surface area (Å²) in [5, 5.41) is 8.81. The molecule has 0 saturated heterocycles. The Labute approximate surface area is 98.7 Å². The number of rotatable bonds is 10. The lowest BCUT2D eigenvalue weighted by molar-refractivity contribution is -0.142. The number of allylic oxidation sites excluding steroid dienone is 1. The molecule has 0 aliphatic heterocycles. The van der Waals surface area contributed by atoms with Crippen LogP contribution in [0.1, 0.15) is 58.3 Å². The molecule has 0 bridgehead atoms. The minimum atomic E-state index is -1.05. The first-order valence-corrected chi connectivity index (χ1v) is 6.14. The largest absolute Gasteiger partial charge is 0.480 e. The first kappa shape index (κ1) is 15.2. The summed E-state index contributed by atoms with van der Waals surface area (Å²) < 4.78 is 0. The second-order valence-corrected chi connectivity index (χ2v) is 4.67. The normalized spacial score (nSPS) is 14.4. The highest BCUT2D eigenvalue weighted by atomic mass is 16.4. The highest BCUT2D eigenvalue weighted by Gasteiger charge is 2.26. The Hall–Kier alpha value is -0.830. The molecular formula is C13H25NO2. The van der Waals surface area contributed by atoms with Gasteiger partial charge in [-0.05, 0) is 26.2 Å². The molecule has 0 fully saturated rings. The molecule has 0 saturated carbocycles. The zero-order valence-electron chi connectivity index (χ0n) is 10.4. The molecule has 0 aromatic rings. The van der Waals surface area contributed by atoms with Crippen molar-refractivity contribution in [2.45, 2.75) is 63.8 Å². The summed E-state index contributed by atoms with van der Waals surface area (Å²) in [6.07, 6.45) is 10.4. The van der Waals surface area contributed by atoms with E-state index < -0.39 is 11.5 Å². The Morgan fingerprint density at radius 2 is 1.75 bits per heavy atom. The smallest absolute Gasteiger partial charge is 0.323 e. The third-order valence-electron chi connectivity index (χ3n) is 2.84. The average molecular weight is 227 g/mol. The molecule has 0 unspecified atom stereocenters. The molecule has 0 aliphatic rings. The van der Waals surface area contributed by atoms with Gasteiger partial charge in [-0.15, -0.1) is 6.58 Å². The molecule has 0 amide bonds. The number of aliphatic carboxylic acids is 1. The van der Waals surface area contributed by atoms with Gasteiger partial charge in [0.05, 0.1) is 0 Å². The fourth-order valence-electron chi connectivity index (χ4n) is 1.59. The van der Waals surface area contributed by atoms with Gasteiger partial charge in [-0.3, -0.25) is 4.79 Å². The molecule has 0 rings (SSSR count). The standard InChI is InChI=1S/C13H25NO2/c1-3-4-5-6-7-8-9-10-11-13(2,14)12(15)16/h3H,1,4-11,14H2,2H3,(H,15,16)/t13-/m0/s1. The number of hydrogen-bond donors (Lipinski definition) is 2. The van der Waals surface area contributed by atoms with E-state index >= 15 is 0 Å². The molecule has 0 aliphatic carbocycles. The van der Waals surface area contributed by atoms with Gasteiger partial charge in [-0.25, -0.2) is 0 Å². The third-order valence-corrected chi connectivity index (χ3v) is 2.84. The molecule has 94 valence electrons. The van der Waals surface area contributed by atoms with Gasteiger partial charge in [-0.1, -0.05) is 38.2 Å². The van der Waals surface area contributed by atoms with Crippen LogP contribution in [0.15, 0.2) is 12.7 Å². The molecule has 0 aromatic heterocycles. The summed E-state index contributed by atoms with van der Waals surface area (Å²) in [4.78, 5) is 10.7. The SMILES string of the molecule is C=CCCCCCCCC[C@](C)(N)C(=O)O. The summed E-state index contributed by atoms with van der Waals surface area (Å²) in [5.74, 6) is -0.904. The van der Waals surface area contributed by atoms with E-state index in [1.54, 1.807) is 6.92 Å². The van der Waals surface area contributed by atoms with E-state index in [9.17, 15) is 4.79 Å². The number of unbranched alkanes of at least 4 members (excludes halogenated alkanes) is 6. The first-order valence-electron chi connectivity index (χ1n) is 6.14. The van der Waals surface area contributed by atoms with Gasteiger partial charge in [0.25, 0.3) is 0 Å². The molecule has 3 heteroatoms. The second kappa shape index (κ2) is 8.34. The van der Waals surface area contributed by atoms with Crippen molar-refractivity contribution in [2.24, 2.45) is 5.73 Å². The third kappa shape index (κ3) is 7.46. The Kier molecular flexibility index (Phi) is 7.90. The van der Waals surface area contributed by atoms with E-state index in [1.165, 1.54) is 25.7 Å². The summed E-state index contributed by atoms with van der Waals surface area (Å²) >= 11 is 0. The maximum Gasteiger partial charge on any atom is 0.323 e. The molecular weight excluding hydrogens is 202 g/mol. The lowest BCUT2D eigenvalue weighted by Gasteiger charge is -2.18. The quantitative estimate of drug-likeness (QED) is 0.445. The topological polar surface area (TPSA) is 63.3 Å². The van der Waals surface area contributed by atoms with Gasteiger partial charge in [0.2, 0.25) is 0 Å². The zero-order valence-corrected chi connectivity index (χ0v) is 10.4. The van der Waals surface area contributed by atoms with Gasteiger partial charge in [0.1, 0.15) is 5.54 Å². The van der Waals surface area contributed by atoms with Gasteiger partial charge >= 0.3 is 5.97 Å². The zero-order chi connectivity index (χ0) is 12.4. The van der Waals surface area contributed by atoms with Crippen LogP contribution in [0, 0.1) is 0 Å². The summed E-state index contributed by atoms with van der Waals surface area (Å²) in [7, 11) is 0. The molecule has 3 nitrogen and oxygen atoms in total. The van der Waals surface area contributed by atoms with Crippen LogP contribution in [0.4, 0.5) is 0 Å². The van der Waals surface area contributed by atoms with Gasteiger partial charge in [0.15, 0.2) is 0 Å². The van der Waals surface area contributed by atoms with Gasteiger partial charge in [0, 0.05) is 0 Å². The van der Waals surface area contributed by atoms with Crippen molar-refractivity contribution in [3.05, 3.63) is 12.7 Å². The number of nitrogens with two attached hydrogens (primary N) is 1. The Morgan fingerprint density at radius 1 is 1.25 bits per heavy atom. The molecule has 16 heavy (non-hydrogen) atoms. The van der Waals surface area contributed by atoms with Crippen LogP contribution in [0.2, 0.25) is 0 Å². The number of carboxylic acids is 1. The molecule has 0 aromatic carbocycles. The highest BCUT2D eigenvalue weighted by molar-refractivity contribution is 5.77. The van der Waals surface area contributed by atoms with E-state index in [-0.39, 0.29) is 0 Å². The van der Waals surface area contributed by atoms with Crippen molar-refractivity contribution >= 4 is 5.97 Å². The van der Waals surface area contributed by atoms with Crippen molar-refractivity contribution in [3.8, 4) is 0 Å². The van der Waals surface area contributed by atoms with Crippen molar-refractivity contribution in [1.82, 2.24) is 0 Å². The lowest BCUT2D eigenvalue weighted by Crippen LogP contribution is -2.44. The lowest BCUT2D eigenvalue weighted by atomic mass is 9.95. The predicted octanol–water partition coefficient (Wildman–Crippen LogP) is 3.10. The Bertz CT molecular complexity index is 212. The van der Waals surface area contributed by atoms with E-state index in [0.717, 1.165) is 19.3 Å². The van der Waals surface area contributed by atoms with Crippen LogP contribution in [-0.4, -0.2) is 16.6 Å². The monoisotopic (exact) mass is 227 g/mol. The fourth-order valence-corrected chi connectivity index (χ4v) is 1.59. The Morgan fingerprint density at radius 3 is 2.25 bits per heavy atom. The number of carbonyl (C=O) groups is 1. The summed E-state index contributed by atoms with van der Waals surface area (Å²) in [6.45, 7) is 5.26. The Balaban J connectivity index is 3.33. The second-order valence-electron chi connectivity index (χ2n) is 4.67. The maximum absolute atomic E-state index is 10.7. The van der Waals surface area contributed by atoms with Crippen LogP contribution >= 0.6 is 0 Å². The summed E-state index contributed by atoms with van der Waals surface area (Å²) in [6, 6.07) is 0. The molecule has 0 radical (unpaired) electrons. The number of carboxylic acid groups (broad SMARTS) is 1. The number of hydrogen-bond acceptors (Lipinski definition) is 2. The van der Waals surface area contributed by atoms with Crippen molar-refractivity contribution in [2.75, 3.05) is 0 Å². The van der Waals surface area contributed by atoms with E-state index in [1.807, 2.05) is 6.08 Å².